The van der Waals surface area contributed by atoms with E-state index in [0.717, 1.165) is 5.56 Å². The van der Waals surface area contributed by atoms with Gasteiger partial charge in [0.15, 0.2) is 11.6 Å². The molecule has 6 nitrogen and oxygen atoms in total. The Morgan fingerprint density at radius 2 is 2.00 bits per heavy atom. The molecule has 0 amide bonds. The number of anilines is 1. The van der Waals surface area contributed by atoms with E-state index in [2.05, 4.69) is 19.9 Å². The number of nitrogens with two attached hydrogens (primary N) is 1. The highest BCUT2D eigenvalue weighted by molar-refractivity contribution is 5.71. The Morgan fingerprint density at radius 3 is 2.83 bits per heavy atom. The van der Waals surface area contributed by atoms with Gasteiger partial charge in [0.05, 0.1) is 6.20 Å². The van der Waals surface area contributed by atoms with Gasteiger partial charge in [0.2, 0.25) is 0 Å². The highest BCUT2D eigenvalue weighted by Crippen LogP contribution is 2.13. The smallest absolute Gasteiger partial charge is 0.318 e. The van der Waals surface area contributed by atoms with Gasteiger partial charge in [0.1, 0.15) is 12.1 Å². The number of nitrogens with one attached hydrogen (secondary N) is 1. The molecule has 0 unspecified atom stereocenters. The normalized spacial score (nSPS) is 10.7. The molecule has 2 heterocycles. The zero-order valence-electron chi connectivity index (χ0n) is 9.50. The lowest BCUT2D eigenvalue weighted by atomic mass is 10.2. The Kier molecular flexibility index (Phi) is 2.53. The van der Waals surface area contributed by atoms with Crippen molar-refractivity contribution in [3.63, 3.8) is 0 Å². The number of fused-ring (bicyclic) bond motifs is 1. The third-order valence-electron chi connectivity index (χ3n) is 2.45. The van der Waals surface area contributed by atoms with Crippen LogP contribution in [0.1, 0.15) is 5.56 Å². The molecule has 0 saturated carbocycles. The lowest BCUT2D eigenvalue weighted by Gasteiger charge is -2.03. The van der Waals surface area contributed by atoms with Crippen molar-refractivity contribution in [1.82, 2.24) is 19.9 Å². The van der Waals surface area contributed by atoms with Crippen molar-refractivity contribution in [3.8, 4) is 6.01 Å². The van der Waals surface area contributed by atoms with Crippen LogP contribution < -0.4 is 10.5 Å². The van der Waals surface area contributed by atoms with Crippen molar-refractivity contribution in [2.45, 2.75) is 6.61 Å². The second kappa shape index (κ2) is 4.33. The van der Waals surface area contributed by atoms with E-state index >= 15 is 0 Å². The van der Waals surface area contributed by atoms with Crippen molar-refractivity contribution in [3.05, 3.63) is 42.1 Å². The van der Waals surface area contributed by atoms with E-state index < -0.39 is 0 Å². The molecule has 6 heteroatoms. The molecule has 0 radical (unpaired) electrons. The molecule has 0 saturated heterocycles. The van der Waals surface area contributed by atoms with Crippen molar-refractivity contribution in [2.75, 3.05) is 5.73 Å². The third-order valence-corrected chi connectivity index (χ3v) is 2.45. The molecular formula is C12H11N5O. The molecule has 1 aromatic carbocycles. The van der Waals surface area contributed by atoms with Crippen LogP contribution in [0.2, 0.25) is 0 Å². The van der Waals surface area contributed by atoms with Gasteiger partial charge in [-0.2, -0.15) is 9.97 Å². The first-order valence-electron chi connectivity index (χ1n) is 5.46. The van der Waals surface area contributed by atoms with Crippen molar-refractivity contribution in [2.24, 2.45) is 0 Å². The first-order chi connectivity index (χ1) is 8.81. The van der Waals surface area contributed by atoms with Gasteiger partial charge < -0.3 is 15.5 Å². The minimum absolute atomic E-state index is 0.290. The molecule has 18 heavy (non-hydrogen) atoms. The number of H-pyrrole nitrogens is 1. The average molecular weight is 241 g/mol. The van der Waals surface area contributed by atoms with Gasteiger partial charge in [-0.1, -0.05) is 30.3 Å². The van der Waals surface area contributed by atoms with Gasteiger partial charge >= 0.3 is 6.01 Å². The van der Waals surface area contributed by atoms with Crippen LogP contribution in [0.15, 0.2) is 36.5 Å². The van der Waals surface area contributed by atoms with Crippen molar-refractivity contribution in [1.29, 1.82) is 0 Å². The van der Waals surface area contributed by atoms with Crippen molar-refractivity contribution < 1.29 is 4.74 Å². The van der Waals surface area contributed by atoms with Crippen LogP contribution in [0.5, 0.6) is 6.01 Å². The Balaban J connectivity index is 1.78. The number of nitrogens with zero attached hydrogens (tertiary/aromatic N) is 3. The number of imidazole rings is 1. The first-order valence-corrected chi connectivity index (χ1v) is 5.46. The van der Waals surface area contributed by atoms with E-state index in [1.165, 1.54) is 0 Å². The fourth-order valence-electron chi connectivity index (χ4n) is 1.60. The van der Waals surface area contributed by atoms with Crippen LogP contribution in [-0.2, 0) is 6.61 Å². The summed E-state index contributed by atoms with van der Waals surface area (Å²) in [5.41, 5.74) is 7.79. The molecule has 0 fully saturated rings. The maximum Gasteiger partial charge on any atom is 0.318 e. The van der Waals surface area contributed by atoms with Gasteiger partial charge in [-0.3, -0.25) is 0 Å². The monoisotopic (exact) mass is 241 g/mol. The highest BCUT2D eigenvalue weighted by atomic mass is 16.5. The minimum atomic E-state index is 0.290. The summed E-state index contributed by atoms with van der Waals surface area (Å²) in [5, 5.41) is 0. The number of benzene rings is 1. The maximum absolute atomic E-state index is 5.53. The van der Waals surface area contributed by atoms with Crippen LogP contribution in [0.3, 0.4) is 0 Å². The van der Waals surface area contributed by atoms with Crippen LogP contribution in [-0.4, -0.2) is 19.9 Å². The number of nitrogen functional groups attached to an aromatic ring is 1. The molecule has 3 rings (SSSR count). The molecule has 3 aromatic rings. The van der Waals surface area contributed by atoms with E-state index in [1.54, 1.807) is 6.20 Å². The lowest BCUT2D eigenvalue weighted by molar-refractivity contribution is 0.282. The van der Waals surface area contributed by atoms with Crippen LogP contribution in [0.4, 0.5) is 5.95 Å². The topological polar surface area (TPSA) is 89.7 Å². The molecule has 0 aliphatic heterocycles. The van der Waals surface area contributed by atoms with Gasteiger partial charge in [-0.15, -0.1) is 0 Å². The quantitative estimate of drug-likeness (QED) is 0.725. The van der Waals surface area contributed by atoms with Gasteiger partial charge in [0.25, 0.3) is 0 Å². The minimum Gasteiger partial charge on any atom is -0.459 e. The number of aromatic amines is 1. The largest absolute Gasteiger partial charge is 0.459 e. The molecule has 0 aliphatic rings. The molecule has 0 aliphatic carbocycles. The summed E-state index contributed by atoms with van der Waals surface area (Å²) < 4.78 is 5.49. The van der Waals surface area contributed by atoms with Gasteiger partial charge in [-0.05, 0) is 5.56 Å². The van der Waals surface area contributed by atoms with E-state index in [9.17, 15) is 0 Å². The summed E-state index contributed by atoms with van der Waals surface area (Å²) in [6.45, 7) is 0.423. The Labute approximate surface area is 103 Å². The standard InChI is InChI=1S/C12H11N5O/c13-11-15-9-6-14-12(17-10(9)16-11)18-7-8-4-2-1-3-5-8/h1-6H,7H2,(H3,13,14,15,16,17). The number of rotatable bonds is 3. The summed E-state index contributed by atoms with van der Waals surface area (Å²) in [4.78, 5) is 15.1. The first kappa shape index (κ1) is 10.5. The molecule has 0 bridgehead atoms. The van der Waals surface area contributed by atoms with Crippen LogP contribution in [0.25, 0.3) is 11.2 Å². The summed E-state index contributed by atoms with van der Waals surface area (Å²) in [6.07, 6.45) is 1.60. The second-order valence-electron chi connectivity index (χ2n) is 3.79. The molecule has 2 aromatic heterocycles. The van der Waals surface area contributed by atoms with E-state index in [4.69, 9.17) is 10.5 Å². The number of aromatic nitrogens is 4. The fraction of sp³-hybridized carbons (Fsp3) is 0.0833. The summed E-state index contributed by atoms with van der Waals surface area (Å²) >= 11 is 0. The molecule has 0 spiro atoms. The Bertz CT molecular complexity index is 665. The predicted molar refractivity (Wildman–Crippen MR) is 66.9 cm³/mol. The predicted octanol–water partition coefficient (Wildman–Crippen LogP) is 1.51. The zero-order chi connectivity index (χ0) is 12.4. The lowest BCUT2D eigenvalue weighted by Crippen LogP contribution is -1.99. The summed E-state index contributed by atoms with van der Waals surface area (Å²) in [5.74, 6) is 0.319. The average Bonchev–Trinajstić information content (AvgIpc) is 2.77. The molecule has 90 valence electrons. The number of hydrogen-bond acceptors (Lipinski definition) is 5. The number of ether oxygens (including phenoxy) is 1. The van der Waals surface area contributed by atoms with E-state index in [0.29, 0.717) is 23.7 Å². The Hall–Kier alpha value is -2.63. The van der Waals surface area contributed by atoms with Gasteiger partial charge in [0, 0.05) is 0 Å². The summed E-state index contributed by atoms with van der Waals surface area (Å²) in [7, 11) is 0. The van der Waals surface area contributed by atoms with Gasteiger partial charge in [-0.25, -0.2) is 4.98 Å². The van der Waals surface area contributed by atoms with Crippen molar-refractivity contribution >= 4 is 17.1 Å². The molecule has 0 atom stereocenters. The van der Waals surface area contributed by atoms with Crippen LogP contribution >= 0.6 is 0 Å². The van der Waals surface area contributed by atoms with E-state index in [-0.39, 0.29) is 6.01 Å². The summed E-state index contributed by atoms with van der Waals surface area (Å²) in [6, 6.07) is 10.1. The third kappa shape index (κ3) is 2.08. The van der Waals surface area contributed by atoms with E-state index in [1.807, 2.05) is 30.3 Å². The molecular weight excluding hydrogens is 230 g/mol. The fourth-order valence-corrected chi connectivity index (χ4v) is 1.60. The SMILES string of the molecule is Nc1nc2nc(OCc3ccccc3)ncc2[nH]1. The number of hydrogen-bond donors (Lipinski definition) is 2. The highest BCUT2D eigenvalue weighted by Gasteiger charge is 2.05. The van der Waals surface area contributed by atoms with Crippen LogP contribution in [0, 0.1) is 0 Å². The Morgan fingerprint density at radius 1 is 1.17 bits per heavy atom. The zero-order valence-corrected chi connectivity index (χ0v) is 9.50. The molecule has 3 N–H and O–H groups in total. The maximum atomic E-state index is 5.53. The second-order valence-corrected chi connectivity index (χ2v) is 3.79.